The van der Waals surface area contributed by atoms with Gasteiger partial charge in [0.2, 0.25) is 0 Å². The van der Waals surface area contributed by atoms with Crippen molar-refractivity contribution in [2.24, 2.45) is 0 Å². The molecular formula is C12H11BrN4. The van der Waals surface area contributed by atoms with Crippen molar-refractivity contribution in [3.63, 3.8) is 0 Å². The fourth-order valence-electron chi connectivity index (χ4n) is 1.55. The molecule has 0 fully saturated rings. The standard InChI is InChI=1S/C12H11BrN4/c1-8(10-6-15-16-7-10)17-12-4-11(13)3-2-9(12)5-14/h2-4,6-8,17H,1H3,(H,15,16). The first-order valence-corrected chi connectivity index (χ1v) is 5.95. The molecule has 1 heterocycles. The molecule has 2 aromatic rings. The number of hydrogen-bond donors (Lipinski definition) is 2. The maximum Gasteiger partial charge on any atom is 0.101 e. The zero-order valence-electron chi connectivity index (χ0n) is 9.24. The van der Waals surface area contributed by atoms with Gasteiger partial charge in [-0.1, -0.05) is 15.9 Å². The van der Waals surface area contributed by atoms with Crippen LogP contribution in [0.1, 0.15) is 24.1 Å². The number of nitrogens with zero attached hydrogens (tertiary/aromatic N) is 2. The highest BCUT2D eigenvalue weighted by Gasteiger charge is 2.09. The number of aromatic nitrogens is 2. The first-order chi connectivity index (χ1) is 8.20. The van der Waals surface area contributed by atoms with Crippen LogP contribution in [0.3, 0.4) is 0 Å². The van der Waals surface area contributed by atoms with Crippen molar-refractivity contribution in [2.45, 2.75) is 13.0 Å². The monoisotopic (exact) mass is 290 g/mol. The number of aromatic amines is 1. The molecule has 86 valence electrons. The van der Waals surface area contributed by atoms with Crippen molar-refractivity contribution < 1.29 is 0 Å². The van der Waals surface area contributed by atoms with E-state index in [0.717, 1.165) is 15.7 Å². The quantitative estimate of drug-likeness (QED) is 0.912. The average molecular weight is 291 g/mol. The predicted octanol–water partition coefficient (Wildman–Crippen LogP) is 3.22. The van der Waals surface area contributed by atoms with E-state index < -0.39 is 0 Å². The smallest absolute Gasteiger partial charge is 0.101 e. The topological polar surface area (TPSA) is 64.5 Å². The molecule has 0 radical (unpaired) electrons. The Kier molecular flexibility index (Phi) is 3.45. The summed E-state index contributed by atoms with van der Waals surface area (Å²) in [6.45, 7) is 2.02. The van der Waals surface area contributed by atoms with E-state index in [0.29, 0.717) is 5.56 Å². The van der Waals surface area contributed by atoms with E-state index in [1.54, 1.807) is 12.3 Å². The van der Waals surface area contributed by atoms with Crippen LogP contribution in [0.4, 0.5) is 5.69 Å². The van der Waals surface area contributed by atoms with Crippen LogP contribution in [-0.4, -0.2) is 10.2 Å². The lowest BCUT2D eigenvalue weighted by Crippen LogP contribution is -2.07. The number of halogens is 1. The molecular weight excluding hydrogens is 280 g/mol. The van der Waals surface area contributed by atoms with E-state index >= 15 is 0 Å². The highest BCUT2D eigenvalue weighted by molar-refractivity contribution is 9.10. The summed E-state index contributed by atoms with van der Waals surface area (Å²) in [6.07, 6.45) is 3.60. The molecule has 4 nitrogen and oxygen atoms in total. The summed E-state index contributed by atoms with van der Waals surface area (Å²) in [5, 5.41) is 19.0. The Bertz CT molecular complexity index is 542. The second kappa shape index (κ2) is 5.02. The molecule has 0 aliphatic rings. The Morgan fingerprint density at radius 1 is 1.53 bits per heavy atom. The molecule has 1 aromatic heterocycles. The molecule has 0 spiro atoms. The molecule has 0 amide bonds. The van der Waals surface area contributed by atoms with Crippen molar-refractivity contribution >= 4 is 21.6 Å². The maximum atomic E-state index is 9.03. The molecule has 1 unspecified atom stereocenters. The number of benzene rings is 1. The van der Waals surface area contributed by atoms with Crippen LogP contribution in [0.5, 0.6) is 0 Å². The number of H-pyrrole nitrogens is 1. The number of anilines is 1. The van der Waals surface area contributed by atoms with Gasteiger partial charge in [-0.15, -0.1) is 0 Å². The van der Waals surface area contributed by atoms with Crippen LogP contribution in [0.15, 0.2) is 35.1 Å². The Hall–Kier alpha value is -1.80. The van der Waals surface area contributed by atoms with Gasteiger partial charge in [-0.05, 0) is 25.1 Å². The molecule has 1 aromatic carbocycles. The molecule has 0 aliphatic carbocycles. The van der Waals surface area contributed by atoms with Crippen molar-refractivity contribution in [1.29, 1.82) is 5.26 Å². The Morgan fingerprint density at radius 2 is 2.35 bits per heavy atom. The van der Waals surface area contributed by atoms with Gasteiger partial charge in [0.1, 0.15) is 6.07 Å². The molecule has 0 saturated heterocycles. The van der Waals surface area contributed by atoms with Crippen molar-refractivity contribution in [2.75, 3.05) is 5.32 Å². The normalized spacial score (nSPS) is 11.8. The minimum atomic E-state index is 0.0927. The van der Waals surface area contributed by atoms with E-state index in [4.69, 9.17) is 5.26 Å². The third kappa shape index (κ3) is 2.66. The van der Waals surface area contributed by atoms with E-state index in [9.17, 15) is 0 Å². The molecule has 2 N–H and O–H groups in total. The van der Waals surface area contributed by atoms with Gasteiger partial charge in [0.05, 0.1) is 23.5 Å². The fourth-order valence-corrected chi connectivity index (χ4v) is 1.91. The molecule has 0 saturated carbocycles. The summed E-state index contributed by atoms with van der Waals surface area (Å²) < 4.78 is 0.943. The first kappa shape index (κ1) is 11.7. The average Bonchev–Trinajstić information content (AvgIpc) is 2.83. The second-order valence-electron chi connectivity index (χ2n) is 3.70. The predicted molar refractivity (Wildman–Crippen MR) is 69.5 cm³/mol. The summed E-state index contributed by atoms with van der Waals surface area (Å²) in [5.41, 5.74) is 2.49. The maximum absolute atomic E-state index is 9.03. The lowest BCUT2D eigenvalue weighted by atomic mass is 10.1. The van der Waals surface area contributed by atoms with Gasteiger partial charge in [-0.3, -0.25) is 5.10 Å². The SMILES string of the molecule is CC(Nc1cc(Br)ccc1C#N)c1cn[nH]c1. The van der Waals surface area contributed by atoms with Crippen LogP contribution in [-0.2, 0) is 0 Å². The van der Waals surface area contributed by atoms with Gasteiger partial charge in [-0.25, -0.2) is 0 Å². The molecule has 17 heavy (non-hydrogen) atoms. The van der Waals surface area contributed by atoms with Gasteiger partial charge >= 0.3 is 0 Å². The van der Waals surface area contributed by atoms with Crippen LogP contribution >= 0.6 is 15.9 Å². The van der Waals surface area contributed by atoms with E-state index in [1.807, 2.05) is 25.3 Å². The number of nitrogens with one attached hydrogen (secondary N) is 2. The summed E-state index contributed by atoms with van der Waals surface area (Å²) in [4.78, 5) is 0. The van der Waals surface area contributed by atoms with E-state index in [2.05, 4.69) is 37.5 Å². The summed E-state index contributed by atoms with van der Waals surface area (Å²) in [6, 6.07) is 7.80. The Labute approximate surface area is 108 Å². The summed E-state index contributed by atoms with van der Waals surface area (Å²) in [5.74, 6) is 0. The van der Waals surface area contributed by atoms with Gasteiger partial charge < -0.3 is 5.32 Å². The highest BCUT2D eigenvalue weighted by atomic mass is 79.9. The molecule has 0 bridgehead atoms. The van der Waals surface area contributed by atoms with Gasteiger partial charge in [0.15, 0.2) is 0 Å². The Morgan fingerprint density at radius 3 is 3.00 bits per heavy atom. The van der Waals surface area contributed by atoms with Crippen molar-refractivity contribution in [3.8, 4) is 6.07 Å². The van der Waals surface area contributed by atoms with Crippen LogP contribution < -0.4 is 5.32 Å². The third-order valence-electron chi connectivity index (χ3n) is 2.49. The lowest BCUT2D eigenvalue weighted by molar-refractivity contribution is 0.885. The lowest BCUT2D eigenvalue weighted by Gasteiger charge is -2.14. The largest absolute Gasteiger partial charge is 0.377 e. The zero-order valence-corrected chi connectivity index (χ0v) is 10.8. The summed E-state index contributed by atoms with van der Waals surface area (Å²) >= 11 is 3.40. The van der Waals surface area contributed by atoms with E-state index in [1.165, 1.54) is 0 Å². The Balaban J connectivity index is 2.24. The second-order valence-corrected chi connectivity index (χ2v) is 4.62. The minimum Gasteiger partial charge on any atom is -0.377 e. The fraction of sp³-hybridized carbons (Fsp3) is 0.167. The number of hydrogen-bond acceptors (Lipinski definition) is 3. The molecule has 5 heteroatoms. The van der Waals surface area contributed by atoms with Crippen LogP contribution in [0.25, 0.3) is 0 Å². The van der Waals surface area contributed by atoms with Crippen LogP contribution in [0, 0.1) is 11.3 Å². The molecule has 0 aliphatic heterocycles. The first-order valence-electron chi connectivity index (χ1n) is 5.15. The van der Waals surface area contributed by atoms with Crippen LogP contribution in [0.2, 0.25) is 0 Å². The van der Waals surface area contributed by atoms with Gasteiger partial charge in [0, 0.05) is 16.2 Å². The summed E-state index contributed by atoms with van der Waals surface area (Å²) in [7, 11) is 0. The molecule has 1 atom stereocenters. The van der Waals surface area contributed by atoms with E-state index in [-0.39, 0.29) is 6.04 Å². The van der Waals surface area contributed by atoms with Gasteiger partial charge in [-0.2, -0.15) is 10.4 Å². The van der Waals surface area contributed by atoms with Crippen molar-refractivity contribution in [1.82, 2.24) is 10.2 Å². The number of nitriles is 1. The van der Waals surface area contributed by atoms with Gasteiger partial charge in [0.25, 0.3) is 0 Å². The highest BCUT2D eigenvalue weighted by Crippen LogP contribution is 2.25. The zero-order chi connectivity index (χ0) is 12.3. The molecule has 2 rings (SSSR count). The minimum absolute atomic E-state index is 0.0927. The van der Waals surface area contributed by atoms with Crippen molar-refractivity contribution in [3.05, 3.63) is 46.2 Å². The number of rotatable bonds is 3. The third-order valence-corrected chi connectivity index (χ3v) is 2.99.